The van der Waals surface area contributed by atoms with Crippen LogP contribution in [0.2, 0.25) is 5.02 Å². The Hall–Kier alpha value is -2.99. The first-order valence-electron chi connectivity index (χ1n) is 8.37. The number of aromatic nitrogens is 2. The van der Waals surface area contributed by atoms with Crippen LogP contribution in [0.15, 0.2) is 59.5 Å². The highest BCUT2D eigenvalue weighted by atomic mass is 35.5. The number of halogens is 1. The van der Waals surface area contributed by atoms with E-state index in [0.29, 0.717) is 30.3 Å². The molecule has 0 fully saturated rings. The quantitative estimate of drug-likeness (QED) is 0.673. The maximum Gasteiger partial charge on any atom is 0.287 e. The van der Waals surface area contributed by atoms with Gasteiger partial charge in [-0.15, -0.1) is 0 Å². The minimum Gasteiger partial charge on any atom is -0.493 e. The number of para-hydroxylation sites is 1. The van der Waals surface area contributed by atoms with Crippen LogP contribution in [0.1, 0.15) is 11.1 Å². The molecule has 0 atom stereocenters. The predicted molar refractivity (Wildman–Crippen MR) is 106 cm³/mol. The summed E-state index contributed by atoms with van der Waals surface area (Å²) < 4.78 is 12.1. The maximum atomic E-state index is 12.5. The van der Waals surface area contributed by atoms with E-state index in [1.165, 1.54) is 4.68 Å². The van der Waals surface area contributed by atoms with Gasteiger partial charge < -0.3 is 14.8 Å². The zero-order valence-corrected chi connectivity index (χ0v) is 15.9. The Morgan fingerprint density at radius 1 is 1.07 bits per heavy atom. The number of benzene rings is 2. The molecule has 1 heterocycles. The number of nitrogens with zero attached hydrogens (tertiary/aromatic N) is 2. The van der Waals surface area contributed by atoms with Gasteiger partial charge in [0.2, 0.25) is 0 Å². The topological polar surface area (TPSA) is 65.4 Å². The minimum atomic E-state index is -0.344. The number of ether oxygens (including phenoxy) is 2. The van der Waals surface area contributed by atoms with Gasteiger partial charge in [-0.3, -0.25) is 4.79 Å². The van der Waals surface area contributed by atoms with Gasteiger partial charge in [0.25, 0.3) is 5.56 Å². The van der Waals surface area contributed by atoms with Crippen LogP contribution in [-0.2, 0) is 13.1 Å². The van der Waals surface area contributed by atoms with Gasteiger partial charge in [0.1, 0.15) is 5.02 Å². The van der Waals surface area contributed by atoms with E-state index in [9.17, 15) is 4.79 Å². The molecular formula is C20H20ClN3O3. The van der Waals surface area contributed by atoms with Gasteiger partial charge in [-0.25, -0.2) is 4.68 Å². The van der Waals surface area contributed by atoms with Crippen LogP contribution in [-0.4, -0.2) is 24.0 Å². The summed E-state index contributed by atoms with van der Waals surface area (Å²) in [4.78, 5) is 12.5. The van der Waals surface area contributed by atoms with Crippen molar-refractivity contribution in [3.05, 3.63) is 81.2 Å². The molecule has 0 spiro atoms. The maximum absolute atomic E-state index is 12.5. The van der Waals surface area contributed by atoms with Gasteiger partial charge in [-0.1, -0.05) is 54.1 Å². The average Bonchev–Trinajstić information content (AvgIpc) is 2.71. The molecule has 0 radical (unpaired) electrons. The van der Waals surface area contributed by atoms with E-state index >= 15 is 0 Å². The standard InChI is InChI=1S/C20H20ClN3O3/c1-26-17-10-6-9-15(19(17)27-2)11-22-16-12-23-24(20(25)18(16)21)13-14-7-4-3-5-8-14/h3-10,12,22H,11,13H2,1-2H3. The van der Waals surface area contributed by atoms with Crippen molar-refractivity contribution in [1.29, 1.82) is 0 Å². The summed E-state index contributed by atoms with van der Waals surface area (Å²) in [6.07, 6.45) is 1.55. The Morgan fingerprint density at radius 2 is 1.85 bits per heavy atom. The van der Waals surface area contributed by atoms with E-state index in [1.807, 2.05) is 48.5 Å². The third kappa shape index (κ3) is 4.23. The second-order valence-corrected chi connectivity index (χ2v) is 6.20. The first-order valence-corrected chi connectivity index (χ1v) is 8.75. The molecule has 140 valence electrons. The SMILES string of the molecule is COc1cccc(CNc2cnn(Cc3ccccc3)c(=O)c2Cl)c1OC. The average molecular weight is 386 g/mol. The third-order valence-electron chi connectivity index (χ3n) is 4.11. The van der Waals surface area contributed by atoms with Crippen molar-refractivity contribution < 1.29 is 9.47 Å². The number of hydrogen-bond acceptors (Lipinski definition) is 5. The zero-order chi connectivity index (χ0) is 19.2. The summed E-state index contributed by atoms with van der Waals surface area (Å²) in [7, 11) is 3.17. The van der Waals surface area contributed by atoms with Gasteiger partial charge in [-0.2, -0.15) is 5.10 Å². The van der Waals surface area contributed by atoms with E-state index in [-0.39, 0.29) is 10.6 Å². The van der Waals surface area contributed by atoms with Crippen molar-refractivity contribution in [2.75, 3.05) is 19.5 Å². The molecular weight excluding hydrogens is 366 g/mol. The summed E-state index contributed by atoms with van der Waals surface area (Å²) in [5.74, 6) is 1.27. The molecule has 6 nitrogen and oxygen atoms in total. The second-order valence-electron chi connectivity index (χ2n) is 5.83. The fraction of sp³-hybridized carbons (Fsp3) is 0.200. The lowest BCUT2D eigenvalue weighted by Gasteiger charge is -2.14. The summed E-state index contributed by atoms with van der Waals surface area (Å²) in [6, 6.07) is 15.2. The molecule has 0 aliphatic rings. The predicted octanol–water partition coefficient (Wildman–Crippen LogP) is 3.57. The lowest BCUT2D eigenvalue weighted by molar-refractivity contribution is 0.352. The number of hydrogen-bond donors (Lipinski definition) is 1. The summed E-state index contributed by atoms with van der Waals surface area (Å²) in [5.41, 5.74) is 1.98. The van der Waals surface area contributed by atoms with Gasteiger partial charge in [0.15, 0.2) is 11.5 Å². The third-order valence-corrected chi connectivity index (χ3v) is 4.48. The van der Waals surface area contributed by atoms with Crippen LogP contribution >= 0.6 is 11.6 Å². The number of anilines is 1. The van der Waals surface area contributed by atoms with E-state index in [1.54, 1.807) is 20.4 Å². The van der Waals surface area contributed by atoms with Gasteiger partial charge in [0, 0.05) is 12.1 Å². The largest absolute Gasteiger partial charge is 0.493 e. The molecule has 0 saturated carbocycles. The number of methoxy groups -OCH3 is 2. The van der Waals surface area contributed by atoms with E-state index in [4.69, 9.17) is 21.1 Å². The number of nitrogens with one attached hydrogen (secondary N) is 1. The fourth-order valence-corrected chi connectivity index (χ4v) is 2.95. The molecule has 27 heavy (non-hydrogen) atoms. The van der Waals surface area contributed by atoms with Crippen molar-refractivity contribution >= 4 is 17.3 Å². The van der Waals surface area contributed by atoms with E-state index < -0.39 is 0 Å². The van der Waals surface area contributed by atoms with E-state index in [2.05, 4.69) is 10.4 Å². The van der Waals surface area contributed by atoms with Gasteiger partial charge in [-0.05, 0) is 11.6 Å². The van der Waals surface area contributed by atoms with Crippen molar-refractivity contribution in [2.24, 2.45) is 0 Å². The Morgan fingerprint density at radius 3 is 2.56 bits per heavy atom. The summed E-state index contributed by atoms with van der Waals surface area (Å²) >= 11 is 6.27. The summed E-state index contributed by atoms with van der Waals surface area (Å²) in [5, 5.41) is 7.47. The Labute approximate surface area is 162 Å². The van der Waals surface area contributed by atoms with Crippen LogP contribution in [0.3, 0.4) is 0 Å². The van der Waals surface area contributed by atoms with Crippen LogP contribution in [0.5, 0.6) is 11.5 Å². The van der Waals surface area contributed by atoms with Crippen LogP contribution in [0.25, 0.3) is 0 Å². The summed E-state index contributed by atoms with van der Waals surface area (Å²) in [6.45, 7) is 0.771. The van der Waals surface area contributed by atoms with Crippen molar-refractivity contribution in [1.82, 2.24) is 9.78 Å². The first-order chi connectivity index (χ1) is 13.1. The molecule has 7 heteroatoms. The molecule has 1 aromatic heterocycles. The van der Waals surface area contributed by atoms with Crippen LogP contribution in [0, 0.1) is 0 Å². The molecule has 2 aromatic carbocycles. The molecule has 0 unspecified atom stereocenters. The molecule has 0 aliphatic heterocycles. The first kappa shape index (κ1) is 18.8. The zero-order valence-electron chi connectivity index (χ0n) is 15.1. The second kappa shape index (κ2) is 8.60. The number of rotatable bonds is 7. The Kier molecular flexibility index (Phi) is 5.98. The molecule has 1 N–H and O–H groups in total. The molecule has 0 saturated heterocycles. The lowest BCUT2D eigenvalue weighted by atomic mass is 10.2. The van der Waals surface area contributed by atoms with Crippen molar-refractivity contribution in [3.63, 3.8) is 0 Å². The Balaban J connectivity index is 1.79. The van der Waals surface area contributed by atoms with Crippen molar-refractivity contribution in [3.8, 4) is 11.5 Å². The Bertz CT molecular complexity index is 974. The highest BCUT2D eigenvalue weighted by Crippen LogP contribution is 2.31. The minimum absolute atomic E-state index is 0.0998. The van der Waals surface area contributed by atoms with Crippen LogP contribution in [0.4, 0.5) is 5.69 Å². The van der Waals surface area contributed by atoms with Crippen LogP contribution < -0.4 is 20.3 Å². The van der Waals surface area contributed by atoms with Crippen molar-refractivity contribution in [2.45, 2.75) is 13.1 Å². The molecule has 0 bridgehead atoms. The molecule has 3 aromatic rings. The van der Waals surface area contributed by atoms with E-state index in [0.717, 1.165) is 11.1 Å². The fourth-order valence-electron chi connectivity index (χ4n) is 2.74. The molecule has 3 rings (SSSR count). The smallest absolute Gasteiger partial charge is 0.287 e. The lowest BCUT2D eigenvalue weighted by Crippen LogP contribution is -2.24. The molecule has 0 amide bonds. The highest BCUT2D eigenvalue weighted by Gasteiger charge is 2.12. The van der Waals surface area contributed by atoms with Gasteiger partial charge >= 0.3 is 0 Å². The molecule has 0 aliphatic carbocycles. The van der Waals surface area contributed by atoms with Gasteiger partial charge in [0.05, 0.1) is 32.6 Å². The highest BCUT2D eigenvalue weighted by molar-refractivity contribution is 6.32. The monoisotopic (exact) mass is 385 g/mol. The normalized spacial score (nSPS) is 10.5.